The molecule has 3 rings (SSSR count). The van der Waals surface area contributed by atoms with E-state index in [4.69, 9.17) is 10.2 Å². The SMILES string of the molecule is CC(=CC(=O)O)C(=O)O.CN(C)CCCN1c2ccccc2Sc2ccccc21. The smallest absolute Gasteiger partial charge is 0.331 e. The molecule has 0 aliphatic carbocycles. The van der Waals surface area contributed by atoms with E-state index >= 15 is 0 Å². The van der Waals surface area contributed by atoms with E-state index in [1.165, 1.54) is 34.5 Å². The lowest BCUT2D eigenvalue weighted by Gasteiger charge is -2.33. The van der Waals surface area contributed by atoms with Crippen molar-refractivity contribution in [3.63, 3.8) is 0 Å². The third-order valence-corrected chi connectivity index (χ3v) is 5.33. The Kier molecular flexibility index (Phi) is 8.30. The van der Waals surface area contributed by atoms with Crippen molar-refractivity contribution in [2.24, 2.45) is 0 Å². The Morgan fingerprint density at radius 2 is 1.52 bits per heavy atom. The van der Waals surface area contributed by atoms with E-state index < -0.39 is 11.9 Å². The fraction of sp³-hybridized carbons (Fsp3) is 0.273. The standard InChI is InChI=1S/C17H20N2S.C5H6O4/c1-18(2)12-7-13-19-14-8-3-5-10-16(14)20-17-11-6-4-9-15(17)19;1-3(5(8)9)2-4(6)7/h3-6,8-11H,7,12-13H2,1-2H3;2H,1H3,(H,6,7)(H,8,9). The lowest BCUT2D eigenvalue weighted by atomic mass is 10.2. The predicted octanol–water partition coefficient (Wildman–Crippen LogP) is 4.34. The van der Waals surface area contributed by atoms with Crippen LogP contribution in [0.25, 0.3) is 0 Å². The highest BCUT2D eigenvalue weighted by Crippen LogP contribution is 2.47. The summed E-state index contributed by atoms with van der Waals surface area (Å²) >= 11 is 1.87. The minimum Gasteiger partial charge on any atom is -0.478 e. The summed E-state index contributed by atoms with van der Waals surface area (Å²) in [6, 6.07) is 17.4. The maximum Gasteiger partial charge on any atom is 0.331 e. The summed E-state index contributed by atoms with van der Waals surface area (Å²) in [6.07, 6.45) is 1.81. The van der Waals surface area contributed by atoms with E-state index in [9.17, 15) is 9.59 Å². The van der Waals surface area contributed by atoms with Crippen molar-refractivity contribution >= 4 is 35.1 Å². The number of nitrogens with zero attached hydrogens (tertiary/aromatic N) is 2. The first kappa shape index (κ1) is 22.5. The monoisotopic (exact) mass is 414 g/mol. The molecule has 29 heavy (non-hydrogen) atoms. The quantitative estimate of drug-likeness (QED) is 0.681. The van der Waals surface area contributed by atoms with Gasteiger partial charge in [0.15, 0.2) is 0 Å². The van der Waals surface area contributed by atoms with Crippen LogP contribution in [-0.2, 0) is 9.59 Å². The molecule has 154 valence electrons. The summed E-state index contributed by atoms with van der Waals surface area (Å²) in [5.41, 5.74) is 2.51. The van der Waals surface area contributed by atoms with Gasteiger partial charge in [-0.05, 0) is 58.3 Å². The summed E-state index contributed by atoms with van der Waals surface area (Å²) in [5, 5.41) is 16.1. The first-order chi connectivity index (χ1) is 13.8. The van der Waals surface area contributed by atoms with E-state index in [1.54, 1.807) is 0 Å². The molecule has 7 heteroatoms. The molecule has 0 bridgehead atoms. The average Bonchev–Trinajstić information content (AvgIpc) is 2.67. The Labute approximate surface area is 175 Å². The number of hydrogen-bond donors (Lipinski definition) is 2. The molecule has 2 aromatic rings. The number of carboxylic acid groups (broad SMARTS) is 2. The molecule has 0 amide bonds. The number of carboxylic acids is 2. The largest absolute Gasteiger partial charge is 0.478 e. The highest BCUT2D eigenvalue weighted by atomic mass is 32.2. The molecule has 0 spiro atoms. The zero-order valence-electron chi connectivity index (χ0n) is 16.8. The Morgan fingerprint density at radius 3 is 1.93 bits per heavy atom. The van der Waals surface area contributed by atoms with Gasteiger partial charge in [0.25, 0.3) is 0 Å². The van der Waals surface area contributed by atoms with Crippen molar-refractivity contribution in [1.29, 1.82) is 0 Å². The lowest BCUT2D eigenvalue weighted by molar-refractivity contribution is -0.135. The van der Waals surface area contributed by atoms with Gasteiger partial charge in [-0.25, -0.2) is 9.59 Å². The second kappa shape index (κ2) is 10.7. The van der Waals surface area contributed by atoms with Crippen LogP contribution in [0, 0.1) is 0 Å². The summed E-state index contributed by atoms with van der Waals surface area (Å²) in [4.78, 5) is 27.1. The van der Waals surface area contributed by atoms with Crippen LogP contribution in [-0.4, -0.2) is 54.2 Å². The molecule has 0 saturated carbocycles. The van der Waals surface area contributed by atoms with Crippen molar-refractivity contribution in [2.75, 3.05) is 32.1 Å². The number of carbonyl (C=O) groups is 2. The summed E-state index contributed by atoms with van der Waals surface area (Å²) < 4.78 is 0. The summed E-state index contributed by atoms with van der Waals surface area (Å²) in [7, 11) is 4.27. The van der Waals surface area contributed by atoms with Gasteiger partial charge in [0, 0.05) is 28.0 Å². The molecule has 6 nitrogen and oxygen atoms in total. The minimum absolute atomic E-state index is 0.178. The second-order valence-corrected chi connectivity index (χ2v) is 7.90. The zero-order valence-corrected chi connectivity index (χ0v) is 17.6. The van der Waals surface area contributed by atoms with Crippen LogP contribution < -0.4 is 4.90 Å². The molecule has 1 aliphatic heterocycles. The fourth-order valence-corrected chi connectivity index (χ4v) is 3.91. The number of hydrogen-bond acceptors (Lipinski definition) is 5. The van der Waals surface area contributed by atoms with Gasteiger partial charge in [-0.15, -0.1) is 0 Å². The van der Waals surface area contributed by atoms with E-state index in [1.807, 2.05) is 11.8 Å². The van der Waals surface area contributed by atoms with E-state index in [2.05, 4.69) is 72.4 Å². The van der Waals surface area contributed by atoms with Crippen molar-refractivity contribution in [2.45, 2.75) is 23.1 Å². The summed E-state index contributed by atoms with van der Waals surface area (Å²) in [6.45, 7) is 3.40. The molecule has 0 aromatic heterocycles. The van der Waals surface area contributed by atoms with E-state index in [0.717, 1.165) is 13.1 Å². The maximum atomic E-state index is 9.90. The Hall–Kier alpha value is -2.77. The average molecular weight is 415 g/mol. The van der Waals surface area contributed by atoms with Crippen molar-refractivity contribution in [1.82, 2.24) is 4.90 Å². The first-order valence-electron chi connectivity index (χ1n) is 9.22. The minimum atomic E-state index is -1.24. The third-order valence-electron chi connectivity index (χ3n) is 4.20. The van der Waals surface area contributed by atoms with Crippen LogP contribution >= 0.6 is 11.8 Å². The van der Waals surface area contributed by atoms with Gasteiger partial charge in [-0.2, -0.15) is 0 Å². The number of anilines is 2. The zero-order chi connectivity index (χ0) is 21.4. The highest BCUT2D eigenvalue weighted by molar-refractivity contribution is 7.99. The van der Waals surface area contributed by atoms with Crippen LogP contribution in [0.4, 0.5) is 11.4 Å². The van der Waals surface area contributed by atoms with Crippen molar-refractivity contribution in [3.05, 3.63) is 60.2 Å². The van der Waals surface area contributed by atoms with Gasteiger partial charge in [0.05, 0.1) is 11.4 Å². The first-order valence-corrected chi connectivity index (χ1v) is 10.0. The van der Waals surface area contributed by atoms with Crippen LogP contribution in [0.15, 0.2) is 70.0 Å². The van der Waals surface area contributed by atoms with Crippen molar-refractivity contribution < 1.29 is 19.8 Å². The lowest BCUT2D eigenvalue weighted by Crippen LogP contribution is -2.25. The molecular formula is C22H26N2O4S. The molecule has 0 fully saturated rings. The number of para-hydroxylation sites is 2. The molecule has 0 unspecified atom stereocenters. The third kappa shape index (κ3) is 6.66. The number of aliphatic carboxylic acids is 2. The van der Waals surface area contributed by atoms with Crippen LogP contribution in [0.5, 0.6) is 0 Å². The molecule has 1 aliphatic rings. The van der Waals surface area contributed by atoms with Gasteiger partial charge in [-0.1, -0.05) is 36.0 Å². The van der Waals surface area contributed by atoms with Gasteiger partial charge in [-0.3, -0.25) is 0 Å². The molecular weight excluding hydrogens is 388 g/mol. The number of fused-ring (bicyclic) bond motifs is 2. The second-order valence-electron chi connectivity index (χ2n) is 6.82. The van der Waals surface area contributed by atoms with E-state index in [-0.39, 0.29) is 5.57 Å². The van der Waals surface area contributed by atoms with Crippen LogP contribution in [0.2, 0.25) is 0 Å². The van der Waals surface area contributed by atoms with Gasteiger partial charge >= 0.3 is 11.9 Å². The van der Waals surface area contributed by atoms with E-state index in [0.29, 0.717) is 6.08 Å². The van der Waals surface area contributed by atoms with Crippen LogP contribution in [0.3, 0.4) is 0 Å². The fourth-order valence-electron chi connectivity index (χ4n) is 2.81. The van der Waals surface area contributed by atoms with Gasteiger partial charge in [0.1, 0.15) is 0 Å². The van der Waals surface area contributed by atoms with Crippen molar-refractivity contribution in [3.8, 4) is 0 Å². The summed E-state index contributed by atoms with van der Waals surface area (Å²) in [5.74, 6) is -2.45. The van der Waals surface area contributed by atoms with Gasteiger partial charge in [0.2, 0.25) is 0 Å². The Bertz CT molecular complexity index is 850. The molecule has 0 saturated heterocycles. The van der Waals surface area contributed by atoms with Crippen LogP contribution in [0.1, 0.15) is 13.3 Å². The normalized spacial score (nSPS) is 12.6. The maximum absolute atomic E-state index is 9.90. The van der Waals surface area contributed by atoms with Gasteiger partial charge < -0.3 is 20.0 Å². The molecule has 0 atom stereocenters. The molecule has 1 heterocycles. The Balaban J connectivity index is 0.000000284. The topological polar surface area (TPSA) is 81.1 Å². The highest BCUT2D eigenvalue weighted by Gasteiger charge is 2.22. The molecule has 2 N–H and O–H groups in total. The molecule has 0 radical (unpaired) electrons. The number of rotatable bonds is 6. The Morgan fingerprint density at radius 1 is 1.00 bits per heavy atom. The molecule has 2 aromatic carbocycles. The predicted molar refractivity (Wildman–Crippen MR) is 116 cm³/mol. The number of benzene rings is 2.